The second-order valence-corrected chi connectivity index (χ2v) is 7.12. The first-order valence-corrected chi connectivity index (χ1v) is 9.08. The van der Waals surface area contributed by atoms with Gasteiger partial charge in [-0.25, -0.2) is 0 Å². The largest absolute Gasteiger partial charge is 0.339 e. The van der Waals surface area contributed by atoms with Crippen LogP contribution in [0.15, 0.2) is 60.8 Å². The molecule has 0 fully saturated rings. The van der Waals surface area contributed by atoms with Gasteiger partial charge in [0.25, 0.3) is 5.91 Å². The van der Waals surface area contributed by atoms with Crippen LogP contribution in [0.4, 0.5) is 0 Å². The molecule has 2 aromatic carbocycles. The van der Waals surface area contributed by atoms with E-state index in [9.17, 15) is 4.79 Å². The molecule has 0 spiro atoms. The second kappa shape index (κ2) is 8.28. The van der Waals surface area contributed by atoms with Gasteiger partial charge in [-0.3, -0.25) is 9.78 Å². The topological polar surface area (TPSA) is 42.0 Å². The molecule has 0 saturated carbocycles. The Balaban J connectivity index is 2.00. The Morgan fingerprint density at radius 2 is 1.65 bits per heavy atom. The van der Waals surface area contributed by atoms with Gasteiger partial charge in [-0.05, 0) is 42.0 Å². The van der Waals surface area contributed by atoms with Crippen LogP contribution < -0.4 is 5.32 Å². The molecule has 1 unspecified atom stereocenters. The van der Waals surface area contributed by atoms with Crippen molar-refractivity contribution < 1.29 is 4.79 Å². The first-order valence-electron chi connectivity index (χ1n) is 7.57. The Hall–Kier alpha value is -1.78. The standard InChI is InChI=1S/C19H12Cl4N2O/c20-12-6-8-17(24-10-12)18(11-5-7-15(22)16(23)9-11)25-19(26)13-3-1-2-4-14(13)21/h1-10,18H,(H,25,26). The maximum Gasteiger partial charge on any atom is 0.253 e. The highest BCUT2D eigenvalue weighted by Crippen LogP contribution is 2.29. The van der Waals surface area contributed by atoms with E-state index in [-0.39, 0.29) is 5.91 Å². The number of hydrogen-bond acceptors (Lipinski definition) is 2. The minimum atomic E-state index is -0.550. The van der Waals surface area contributed by atoms with Crippen molar-refractivity contribution in [1.82, 2.24) is 10.3 Å². The summed E-state index contributed by atoms with van der Waals surface area (Å²) >= 11 is 24.2. The van der Waals surface area contributed by atoms with E-state index in [0.717, 1.165) is 5.56 Å². The molecule has 1 atom stereocenters. The number of nitrogens with one attached hydrogen (secondary N) is 1. The van der Waals surface area contributed by atoms with Crippen LogP contribution in [0, 0.1) is 0 Å². The predicted octanol–water partition coefficient (Wildman–Crippen LogP) is 6.21. The minimum absolute atomic E-state index is 0.330. The van der Waals surface area contributed by atoms with Crippen LogP contribution in [0.1, 0.15) is 27.7 Å². The van der Waals surface area contributed by atoms with Crippen LogP contribution in [0.2, 0.25) is 20.1 Å². The van der Waals surface area contributed by atoms with Crippen LogP contribution in [0.3, 0.4) is 0 Å². The average Bonchev–Trinajstić information content (AvgIpc) is 2.63. The fraction of sp³-hybridized carbons (Fsp3) is 0.0526. The van der Waals surface area contributed by atoms with Crippen molar-refractivity contribution in [3.8, 4) is 0 Å². The van der Waals surface area contributed by atoms with Gasteiger partial charge in [0.15, 0.2) is 0 Å². The molecular formula is C19H12Cl4N2O. The molecule has 1 N–H and O–H groups in total. The fourth-order valence-corrected chi connectivity index (χ4v) is 3.07. The van der Waals surface area contributed by atoms with Crippen molar-refractivity contribution in [2.45, 2.75) is 6.04 Å². The SMILES string of the molecule is O=C(NC(c1ccc(Cl)c(Cl)c1)c1ccc(Cl)cn1)c1ccccc1Cl. The van der Waals surface area contributed by atoms with Gasteiger partial charge in [-0.15, -0.1) is 0 Å². The lowest BCUT2D eigenvalue weighted by molar-refractivity contribution is 0.0942. The molecule has 0 bridgehead atoms. The van der Waals surface area contributed by atoms with Crippen molar-refractivity contribution in [2.75, 3.05) is 0 Å². The Morgan fingerprint density at radius 3 is 2.31 bits per heavy atom. The summed E-state index contributed by atoms with van der Waals surface area (Å²) in [5, 5.41) is 4.62. The summed E-state index contributed by atoms with van der Waals surface area (Å²) in [6.07, 6.45) is 1.52. The van der Waals surface area contributed by atoms with Gasteiger partial charge < -0.3 is 5.32 Å². The van der Waals surface area contributed by atoms with Crippen LogP contribution in [0.25, 0.3) is 0 Å². The lowest BCUT2D eigenvalue weighted by Gasteiger charge is -2.20. The second-order valence-electron chi connectivity index (χ2n) is 5.46. The monoisotopic (exact) mass is 424 g/mol. The molecule has 7 heteroatoms. The van der Waals surface area contributed by atoms with Crippen molar-refractivity contribution in [2.24, 2.45) is 0 Å². The van der Waals surface area contributed by atoms with Gasteiger partial charge in [0.1, 0.15) is 0 Å². The van der Waals surface area contributed by atoms with E-state index in [1.807, 2.05) is 0 Å². The van der Waals surface area contributed by atoms with E-state index in [1.165, 1.54) is 6.20 Å². The zero-order chi connectivity index (χ0) is 18.7. The summed E-state index contributed by atoms with van der Waals surface area (Å²) in [7, 11) is 0. The van der Waals surface area contributed by atoms with Gasteiger partial charge >= 0.3 is 0 Å². The molecule has 1 heterocycles. The number of aromatic nitrogens is 1. The van der Waals surface area contributed by atoms with Gasteiger partial charge in [-0.2, -0.15) is 0 Å². The summed E-state index contributed by atoms with van der Waals surface area (Å²) in [6, 6.07) is 14.9. The average molecular weight is 426 g/mol. The molecule has 132 valence electrons. The molecule has 3 nitrogen and oxygen atoms in total. The van der Waals surface area contributed by atoms with Crippen molar-refractivity contribution in [3.05, 3.63) is 97.7 Å². The summed E-state index contributed by atoms with van der Waals surface area (Å²) < 4.78 is 0. The lowest BCUT2D eigenvalue weighted by atomic mass is 10.0. The zero-order valence-electron chi connectivity index (χ0n) is 13.2. The summed E-state index contributed by atoms with van der Waals surface area (Å²) in [4.78, 5) is 17.1. The highest BCUT2D eigenvalue weighted by molar-refractivity contribution is 6.42. The van der Waals surface area contributed by atoms with Crippen molar-refractivity contribution in [1.29, 1.82) is 0 Å². The molecule has 0 radical (unpaired) electrons. The molecule has 0 saturated heterocycles. The number of amides is 1. The van der Waals surface area contributed by atoms with Crippen LogP contribution in [0.5, 0.6) is 0 Å². The number of nitrogens with zero attached hydrogens (tertiary/aromatic N) is 1. The molecule has 1 aromatic heterocycles. The minimum Gasteiger partial charge on any atom is -0.339 e. The Labute approximate surface area is 170 Å². The highest BCUT2D eigenvalue weighted by Gasteiger charge is 2.21. The van der Waals surface area contributed by atoms with E-state index < -0.39 is 6.04 Å². The van der Waals surface area contributed by atoms with E-state index in [2.05, 4.69) is 10.3 Å². The van der Waals surface area contributed by atoms with E-state index in [4.69, 9.17) is 46.4 Å². The fourth-order valence-electron chi connectivity index (χ4n) is 2.43. The van der Waals surface area contributed by atoms with Gasteiger partial charge in [-0.1, -0.05) is 64.6 Å². The van der Waals surface area contributed by atoms with E-state index in [1.54, 1.807) is 54.6 Å². The predicted molar refractivity (Wildman–Crippen MR) is 106 cm³/mol. The Kier molecular flexibility index (Phi) is 6.05. The molecular weight excluding hydrogens is 414 g/mol. The first kappa shape index (κ1) is 19.0. The third-order valence-corrected chi connectivity index (χ3v) is 5.01. The summed E-state index contributed by atoms with van der Waals surface area (Å²) in [5.41, 5.74) is 1.70. The number of pyridine rings is 1. The van der Waals surface area contributed by atoms with Crippen molar-refractivity contribution in [3.63, 3.8) is 0 Å². The molecule has 0 aliphatic rings. The highest BCUT2D eigenvalue weighted by atomic mass is 35.5. The lowest BCUT2D eigenvalue weighted by Crippen LogP contribution is -2.30. The van der Waals surface area contributed by atoms with Crippen molar-refractivity contribution >= 4 is 52.3 Å². The summed E-state index contributed by atoms with van der Waals surface area (Å²) in [6.45, 7) is 0. The molecule has 1 amide bonds. The van der Waals surface area contributed by atoms with Gasteiger partial charge in [0, 0.05) is 6.20 Å². The zero-order valence-corrected chi connectivity index (χ0v) is 16.2. The Morgan fingerprint density at radius 1 is 0.885 bits per heavy atom. The maximum absolute atomic E-state index is 12.7. The molecule has 26 heavy (non-hydrogen) atoms. The quantitative estimate of drug-likeness (QED) is 0.539. The number of carbonyl (C=O) groups excluding carboxylic acids is 1. The number of rotatable bonds is 4. The third-order valence-electron chi connectivity index (χ3n) is 3.72. The molecule has 0 aliphatic carbocycles. The van der Waals surface area contributed by atoms with Crippen LogP contribution in [-0.2, 0) is 0 Å². The van der Waals surface area contributed by atoms with Crippen LogP contribution in [-0.4, -0.2) is 10.9 Å². The summed E-state index contributed by atoms with van der Waals surface area (Å²) in [5.74, 6) is -0.330. The normalized spacial score (nSPS) is 11.8. The van der Waals surface area contributed by atoms with Crippen LogP contribution >= 0.6 is 46.4 Å². The Bertz CT molecular complexity index is 945. The molecule has 0 aliphatic heterocycles. The number of halogens is 4. The third kappa shape index (κ3) is 4.30. The molecule has 3 aromatic rings. The van der Waals surface area contributed by atoms with E-state index >= 15 is 0 Å². The maximum atomic E-state index is 12.7. The van der Waals surface area contributed by atoms with Gasteiger partial charge in [0.05, 0.1) is 37.4 Å². The van der Waals surface area contributed by atoms with E-state index in [0.29, 0.717) is 31.3 Å². The smallest absolute Gasteiger partial charge is 0.253 e. The number of carbonyl (C=O) groups is 1. The molecule has 3 rings (SSSR count). The number of hydrogen-bond donors (Lipinski definition) is 1. The number of benzene rings is 2. The first-order chi connectivity index (χ1) is 12.5. The van der Waals surface area contributed by atoms with Gasteiger partial charge in [0.2, 0.25) is 0 Å².